The lowest BCUT2D eigenvalue weighted by molar-refractivity contribution is 0.676. The average Bonchev–Trinajstić information content (AvgIpc) is 2.15. The predicted octanol–water partition coefficient (Wildman–Crippen LogP) is 1.21. The van der Waals surface area contributed by atoms with E-state index in [4.69, 9.17) is 5.73 Å². The van der Waals surface area contributed by atoms with E-state index in [1.165, 1.54) is 18.4 Å². The molecule has 1 aromatic heterocycles. The maximum absolute atomic E-state index is 5.48. The van der Waals surface area contributed by atoms with Crippen molar-refractivity contribution >= 4 is 5.82 Å². The van der Waals surface area contributed by atoms with Crippen LogP contribution in [0.15, 0.2) is 18.3 Å². The number of hydrogen-bond donors (Lipinski definition) is 2. The van der Waals surface area contributed by atoms with E-state index >= 15 is 0 Å². The van der Waals surface area contributed by atoms with Crippen molar-refractivity contribution in [2.24, 2.45) is 0 Å². The van der Waals surface area contributed by atoms with Crippen LogP contribution in [0.5, 0.6) is 0 Å². The summed E-state index contributed by atoms with van der Waals surface area (Å²) in [4.78, 5) is 4.04. The van der Waals surface area contributed by atoms with Gasteiger partial charge in [-0.15, -0.1) is 0 Å². The summed E-state index contributed by atoms with van der Waals surface area (Å²) in [7, 11) is 1.98. The minimum absolute atomic E-state index is 0.596. The number of rotatable bonds is 5. The first-order chi connectivity index (χ1) is 6.33. The molecular weight excluding hydrogens is 162 g/mol. The highest BCUT2D eigenvalue weighted by Crippen LogP contribution is 2.05. The number of aromatic nitrogens is 1. The molecular formula is C10H17N3. The average molecular weight is 179 g/mol. The van der Waals surface area contributed by atoms with Crippen LogP contribution in [-0.2, 0) is 6.42 Å². The van der Waals surface area contributed by atoms with Gasteiger partial charge in [-0.05, 0) is 44.5 Å². The third-order valence-corrected chi connectivity index (χ3v) is 1.99. The Kier molecular flexibility index (Phi) is 4.26. The third kappa shape index (κ3) is 3.90. The molecule has 0 bridgehead atoms. The van der Waals surface area contributed by atoms with E-state index in [0.29, 0.717) is 5.82 Å². The summed E-state index contributed by atoms with van der Waals surface area (Å²) >= 11 is 0. The van der Waals surface area contributed by atoms with E-state index in [9.17, 15) is 0 Å². The number of anilines is 1. The Labute approximate surface area is 79.4 Å². The van der Waals surface area contributed by atoms with Gasteiger partial charge >= 0.3 is 0 Å². The van der Waals surface area contributed by atoms with Gasteiger partial charge in [-0.1, -0.05) is 6.07 Å². The molecule has 1 aromatic rings. The summed E-state index contributed by atoms with van der Waals surface area (Å²) in [5, 5.41) is 3.13. The van der Waals surface area contributed by atoms with Crippen LogP contribution in [0.4, 0.5) is 5.82 Å². The second-order valence-electron chi connectivity index (χ2n) is 3.15. The van der Waals surface area contributed by atoms with Gasteiger partial charge in [-0.2, -0.15) is 0 Å². The summed E-state index contributed by atoms with van der Waals surface area (Å²) in [6, 6.07) is 3.90. The van der Waals surface area contributed by atoms with Gasteiger partial charge in [0, 0.05) is 6.20 Å². The molecule has 0 amide bonds. The molecule has 0 atom stereocenters. The quantitative estimate of drug-likeness (QED) is 0.668. The molecule has 3 N–H and O–H groups in total. The number of nitrogen functional groups attached to an aromatic ring is 1. The SMILES string of the molecule is CNCCCCc1ccc(N)nc1. The first-order valence-electron chi connectivity index (χ1n) is 4.68. The zero-order valence-electron chi connectivity index (χ0n) is 8.09. The Morgan fingerprint density at radius 3 is 2.85 bits per heavy atom. The lowest BCUT2D eigenvalue weighted by Crippen LogP contribution is -2.07. The summed E-state index contributed by atoms with van der Waals surface area (Å²) in [6.45, 7) is 1.09. The van der Waals surface area contributed by atoms with Crippen molar-refractivity contribution in [2.75, 3.05) is 19.3 Å². The van der Waals surface area contributed by atoms with E-state index < -0.39 is 0 Å². The molecule has 0 aromatic carbocycles. The van der Waals surface area contributed by atoms with Gasteiger partial charge < -0.3 is 11.1 Å². The maximum atomic E-state index is 5.48. The summed E-state index contributed by atoms with van der Waals surface area (Å²) < 4.78 is 0. The minimum Gasteiger partial charge on any atom is -0.384 e. The van der Waals surface area contributed by atoms with Crippen LogP contribution in [0.2, 0.25) is 0 Å². The number of unbranched alkanes of at least 4 members (excludes halogenated alkanes) is 1. The minimum atomic E-state index is 0.596. The smallest absolute Gasteiger partial charge is 0.123 e. The van der Waals surface area contributed by atoms with Gasteiger partial charge in [0.2, 0.25) is 0 Å². The van der Waals surface area contributed by atoms with Crippen LogP contribution in [0.3, 0.4) is 0 Å². The summed E-state index contributed by atoms with van der Waals surface area (Å²) in [6.07, 6.45) is 5.36. The zero-order valence-corrected chi connectivity index (χ0v) is 8.09. The Hall–Kier alpha value is -1.09. The molecule has 1 rings (SSSR count). The molecule has 3 nitrogen and oxygen atoms in total. The fourth-order valence-electron chi connectivity index (χ4n) is 1.21. The summed E-state index contributed by atoms with van der Waals surface area (Å²) in [5.74, 6) is 0.596. The van der Waals surface area contributed by atoms with Crippen molar-refractivity contribution in [3.05, 3.63) is 23.9 Å². The van der Waals surface area contributed by atoms with E-state index in [2.05, 4.69) is 10.3 Å². The molecule has 13 heavy (non-hydrogen) atoms. The monoisotopic (exact) mass is 179 g/mol. The van der Waals surface area contributed by atoms with Crippen molar-refractivity contribution in [3.8, 4) is 0 Å². The Bertz CT molecular complexity index is 230. The van der Waals surface area contributed by atoms with E-state index in [1.807, 2.05) is 25.4 Å². The lowest BCUT2D eigenvalue weighted by Gasteiger charge is -2.01. The van der Waals surface area contributed by atoms with Gasteiger partial charge in [0.1, 0.15) is 5.82 Å². The lowest BCUT2D eigenvalue weighted by atomic mass is 10.1. The second-order valence-corrected chi connectivity index (χ2v) is 3.15. The van der Waals surface area contributed by atoms with E-state index in [0.717, 1.165) is 13.0 Å². The van der Waals surface area contributed by atoms with Gasteiger partial charge in [-0.25, -0.2) is 4.98 Å². The number of nitrogens with one attached hydrogen (secondary N) is 1. The highest BCUT2D eigenvalue weighted by atomic mass is 14.8. The topological polar surface area (TPSA) is 50.9 Å². The van der Waals surface area contributed by atoms with Crippen LogP contribution in [0, 0.1) is 0 Å². The number of nitrogens with zero attached hydrogens (tertiary/aromatic N) is 1. The van der Waals surface area contributed by atoms with Crippen LogP contribution >= 0.6 is 0 Å². The van der Waals surface area contributed by atoms with Crippen LogP contribution in [0.1, 0.15) is 18.4 Å². The molecule has 1 heterocycles. The Morgan fingerprint density at radius 2 is 2.23 bits per heavy atom. The van der Waals surface area contributed by atoms with Crippen molar-refractivity contribution in [1.82, 2.24) is 10.3 Å². The molecule has 72 valence electrons. The van der Waals surface area contributed by atoms with E-state index in [-0.39, 0.29) is 0 Å². The molecule has 0 aliphatic rings. The zero-order chi connectivity index (χ0) is 9.52. The molecule has 0 unspecified atom stereocenters. The molecule has 0 radical (unpaired) electrons. The maximum Gasteiger partial charge on any atom is 0.123 e. The Morgan fingerprint density at radius 1 is 1.38 bits per heavy atom. The van der Waals surface area contributed by atoms with Gasteiger partial charge in [0.05, 0.1) is 0 Å². The first kappa shape index (κ1) is 9.99. The normalized spacial score (nSPS) is 10.2. The largest absolute Gasteiger partial charge is 0.384 e. The molecule has 0 saturated carbocycles. The number of nitrogens with two attached hydrogens (primary N) is 1. The molecule has 0 aliphatic carbocycles. The molecule has 0 saturated heterocycles. The van der Waals surface area contributed by atoms with Crippen LogP contribution in [0.25, 0.3) is 0 Å². The van der Waals surface area contributed by atoms with Gasteiger partial charge in [-0.3, -0.25) is 0 Å². The second kappa shape index (κ2) is 5.54. The number of pyridine rings is 1. The number of hydrogen-bond acceptors (Lipinski definition) is 3. The van der Waals surface area contributed by atoms with Crippen molar-refractivity contribution < 1.29 is 0 Å². The van der Waals surface area contributed by atoms with Gasteiger partial charge in [0.25, 0.3) is 0 Å². The predicted molar refractivity (Wildman–Crippen MR) is 55.5 cm³/mol. The summed E-state index contributed by atoms with van der Waals surface area (Å²) in [5.41, 5.74) is 6.75. The third-order valence-electron chi connectivity index (χ3n) is 1.99. The standard InChI is InChI=1S/C10H17N3/c1-12-7-3-2-4-9-5-6-10(11)13-8-9/h5-6,8,12H,2-4,7H2,1H3,(H2,11,13). The fourth-order valence-corrected chi connectivity index (χ4v) is 1.21. The van der Waals surface area contributed by atoms with Crippen molar-refractivity contribution in [3.63, 3.8) is 0 Å². The Balaban J connectivity index is 2.25. The molecule has 0 fully saturated rings. The van der Waals surface area contributed by atoms with Crippen LogP contribution < -0.4 is 11.1 Å². The van der Waals surface area contributed by atoms with Crippen LogP contribution in [-0.4, -0.2) is 18.6 Å². The number of aryl methyl sites for hydroxylation is 1. The highest BCUT2D eigenvalue weighted by Gasteiger charge is 1.93. The van der Waals surface area contributed by atoms with Crippen molar-refractivity contribution in [2.45, 2.75) is 19.3 Å². The molecule has 0 spiro atoms. The highest BCUT2D eigenvalue weighted by molar-refractivity contribution is 5.29. The molecule has 0 aliphatic heterocycles. The first-order valence-corrected chi connectivity index (χ1v) is 4.68. The van der Waals surface area contributed by atoms with E-state index in [1.54, 1.807) is 0 Å². The fraction of sp³-hybridized carbons (Fsp3) is 0.500. The van der Waals surface area contributed by atoms with Crippen molar-refractivity contribution in [1.29, 1.82) is 0 Å². The van der Waals surface area contributed by atoms with Gasteiger partial charge in [0.15, 0.2) is 0 Å². The molecule has 3 heteroatoms.